The molecule has 3 aromatic rings. The van der Waals surface area contributed by atoms with Gasteiger partial charge >= 0.3 is 0 Å². The van der Waals surface area contributed by atoms with Gasteiger partial charge in [-0.05, 0) is 62.2 Å². The molecule has 2 heterocycles. The Balaban J connectivity index is 1.54. The number of carbonyl (C=O) groups is 2. The maximum atomic E-state index is 12.2. The number of nitrogens with one attached hydrogen (secondary N) is 2. The van der Waals surface area contributed by atoms with Crippen molar-refractivity contribution in [3.8, 4) is 11.5 Å². The summed E-state index contributed by atoms with van der Waals surface area (Å²) in [5.74, 6) is -1.86. The summed E-state index contributed by atoms with van der Waals surface area (Å²) >= 11 is 0. The number of hydrogen-bond acceptors (Lipinski definition) is 11. The van der Waals surface area contributed by atoms with Gasteiger partial charge in [-0.1, -0.05) is 18.2 Å². The largest absolute Gasteiger partial charge is 0.505 e. The van der Waals surface area contributed by atoms with Gasteiger partial charge in [0, 0.05) is 56.0 Å². The molecule has 13 heteroatoms. The zero-order valence-corrected chi connectivity index (χ0v) is 26.1. The fraction of sp³-hybridized carbons (Fsp3) is 0.424. The number of carbonyl (C=O) groups excluding carboxylic acids is 2. The quantitative estimate of drug-likeness (QED) is 0.148. The minimum Gasteiger partial charge on any atom is -0.505 e. The minimum atomic E-state index is -1.61. The molecular formula is C33H43N5O8. The molecule has 0 radical (unpaired) electrons. The van der Waals surface area contributed by atoms with Gasteiger partial charge in [0.05, 0.1) is 30.3 Å². The molecule has 0 fully saturated rings. The van der Waals surface area contributed by atoms with E-state index in [1.807, 2.05) is 44.2 Å². The highest BCUT2D eigenvalue weighted by Gasteiger charge is 2.21. The van der Waals surface area contributed by atoms with E-state index in [9.17, 15) is 30.0 Å². The first-order valence-corrected chi connectivity index (χ1v) is 15.2. The van der Waals surface area contributed by atoms with E-state index in [1.54, 1.807) is 12.1 Å². The molecular weight excluding hydrogens is 594 g/mol. The van der Waals surface area contributed by atoms with Gasteiger partial charge in [-0.2, -0.15) is 0 Å². The highest BCUT2D eigenvalue weighted by molar-refractivity contribution is 5.96. The SMILES string of the molecule is Cc1cc(CN2CCCN(Cc3cc(C)cc(NC(=O)C(O)CO)c3O)Cc3cccc(n3)CC2)c(O)c(NC(=O)C(O)CO)c1. The second kappa shape index (κ2) is 15.9. The van der Waals surface area contributed by atoms with Crippen LogP contribution in [-0.4, -0.2) is 102 Å². The number of hydrogen-bond donors (Lipinski definition) is 8. The van der Waals surface area contributed by atoms with Crippen LogP contribution in [0.25, 0.3) is 0 Å². The smallest absolute Gasteiger partial charge is 0.255 e. The monoisotopic (exact) mass is 637 g/mol. The van der Waals surface area contributed by atoms with Gasteiger partial charge in [0.1, 0.15) is 11.5 Å². The van der Waals surface area contributed by atoms with Crippen LogP contribution in [-0.2, 0) is 35.6 Å². The van der Waals surface area contributed by atoms with E-state index in [-0.39, 0.29) is 22.9 Å². The van der Waals surface area contributed by atoms with Crippen LogP contribution in [0.4, 0.5) is 11.4 Å². The molecule has 8 N–H and O–H groups in total. The van der Waals surface area contributed by atoms with Crippen molar-refractivity contribution in [1.82, 2.24) is 14.8 Å². The van der Waals surface area contributed by atoms with E-state index in [0.717, 1.165) is 28.9 Å². The number of fused-ring (bicyclic) bond motifs is 2. The Labute approximate surface area is 267 Å². The number of aliphatic hydroxyl groups is 4. The average Bonchev–Trinajstić information content (AvgIpc) is 3.05. The Kier molecular flexibility index (Phi) is 12.0. The number of nitrogens with zero attached hydrogens (tertiary/aromatic N) is 3. The van der Waals surface area contributed by atoms with Gasteiger partial charge in [0.2, 0.25) is 0 Å². The molecule has 46 heavy (non-hydrogen) atoms. The van der Waals surface area contributed by atoms with E-state index in [4.69, 9.17) is 15.2 Å². The van der Waals surface area contributed by atoms with Crippen molar-refractivity contribution < 1.29 is 40.2 Å². The molecule has 13 nitrogen and oxygen atoms in total. The fourth-order valence-electron chi connectivity index (χ4n) is 5.48. The number of phenols is 2. The van der Waals surface area contributed by atoms with Crippen molar-refractivity contribution in [3.05, 3.63) is 76.1 Å². The molecule has 1 aliphatic rings. The molecule has 2 unspecified atom stereocenters. The average molecular weight is 638 g/mol. The van der Waals surface area contributed by atoms with Crippen LogP contribution < -0.4 is 10.6 Å². The van der Waals surface area contributed by atoms with Crippen molar-refractivity contribution in [1.29, 1.82) is 0 Å². The number of benzene rings is 2. The molecule has 0 aliphatic carbocycles. The van der Waals surface area contributed by atoms with Gasteiger partial charge in [0.15, 0.2) is 12.2 Å². The van der Waals surface area contributed by atoms with Crippen LogP contribution in [0.2, 0.25) is 0 Å². The normalized spacial score (nSPS) is 15.9. The zero-order valence-electron chi connectivity index (χ0n) is 26.1. The number of phenolic OH excluding ortho intramolecular Hbond substituents is 2. The Morgan fingerprint density at radius 1 is 0.783 bits per heavy atom. The zero-order chi connectivity index (χ0) is 33.4. The van der Waals surface area contributed by atoms with Crippen LogP contribution in [0.5, 0.6) is 11.5 Å². The summed E-state index contributed by atoms with van der Waals surface area (Å²) < 4.78 is 0. The van der Waals surface area contributed by atoms with Crippen molar-refractivity contribution >= 4 is 23.2 Å². The Hall–Kier alpha value is -4.11. The Morgan fingerprint density at radius 3 is 1.83 bits per heavy atom. The summed E-state index contributed by atoms with van der Waals surface area (Å²) in [7, 11) is 0. The van der Waals surface area contributed by atoms with Crippen LogP contribution >= 0.6 is 0 Å². The molecule has 4 rings (SSSR count). The summed E-state index contributed by atoms with van der Waals surface area (Å²) in [5.41, 5.74) is 4.88. The van der Waals surface area contributed by atoms with Crippen molar-refractivity contribution in [3.63, 3.8) is 0 Å². The Morgan fingerprint density at radius 2 is 1.28 bits per heavy atom. The first-order chi connectivity index (χ1) is 22.0. The predicted molar refractivity (Wildman–Crippen MR) is 171 cm³/mol. The third kappa shape index (κ3) is 9.22. The van der Waals surface area contributed by atoms with Crippen molar-refractivity contribution in [2.45, 2.75) is 58.5 Å². The summed E-state index contributed by atoms with van der Waals surface area (Å²) in [6, 6.07) is 12.8. The van der Waals surface area contributed by atoms with Crippen molar-refractivity contribution in [2.75, 3.05) is 43.5 Å². The summed E-state index contributed by atoms with van der Waals surface area (Å²) in [6.07, 6.45) is -1.80. The third-order valence-electron chi connectivity index (χ3n) is 7.80. The van der Waals surface area contributed by atoms with Crippen molar-refractivity contribution in [2.24, 2.45) is 0 Å². The number of aliphatic hydroxyl groups excluding tert-OH is 4. The maximum absolute atomic E-state index is 12.2. The highest BCUT2D eigenvalue weighted by atomic mass is 16.3. The lowest BCUT2D eigenvalue weighted by Gasteiger charge is -2.26. The third-order valence-corrected chi connectivity index (χ3v) is 7.80. The van der Waals surface area contributed by atoms with Gasteiger partial charge in [-0.3, -0.25) is 24.4 Å². The number of amides is 2. The van der Waals surface area contributed by atoms with Gasteiger partial charge in [0.25, 0.3) is 11.8 Å². The molecule has 0 spiro atoms. The molecule has 2 atom stereocenters. The summed E-state index contributed by atoms with van der Waals surface area (Å²) in [4.78, 5) is 33.6. The topological polar surface area (TPSA) is 199 Å². The maximum Gasteiger partial charge on any atom is 0.255 e. The van der Waals surface area contributed by atoms with Crippen LogP contribution in [0.1, 0.15) is 40.1 Å². The van der Waals surface area contributed by atoms with Gasteiger partial charge < -0.3 is 41.3 Å². The van der Waals surface area contributed by atoms with E-state index in [1.165, 1.54) is 0 Å². The van der Waals surface area contributed by atoms with Gasteiger partial charge in [-0.15, -0.1) is 0 Å². The molecule has 2 amide bonds. The second-order valence-corrected chi connectivity index (χ2v) is 11.7. The first-order valence-electron chi connectivity index (χ1n) is 15.2. The molecule has 1 aliphatic heterocycles. The fourth-order valence-corrected chi connectivity index (χ4v) is 5.48. The first kappa shape index (κ1) is 34.8. The predicted octanol–water partition coefficient (Wildman–Crippen LogP) is 1.14. The number of anilines is 2. The molecule has 248 valence electrons. The van der Waals surface area contributed by atoms with E-state index >= 15 is 0 Å². The highest BCUT2D eigenvalue weighted by Crippen LogP contribution is 2.32. The van der Waals surface area contributed by atoms with Gasteiger partial charge in [-0.25, -0.2) is 0 Å². The summed E-state index contributed by atoms with van der Waals surface area (Å²) in [6.45, 7) is 5.44. The number of pyridine rings is 1. The van der Waals surface area contributed by atoms with Crippen LogP contribution in [0.3, 0.4) is 0 Å². The number of aryl methyl sites for hydroxylation is 2. The van der Waals surface area contributed by atoms with E-state index in [0.29, 0.717) is 56.8 Å². The number of rotatable bonds is 10. The number of aromatic hydroxyl groups is 2. The lowest BCUT2D eigenvalue weighted by molar-refractivity contribution is -0.126. The van der Waals surface area contributed by atoms with Crippen LogP contribution in [0.15, 0.2) is 42.5 Å². The Bertz CT molecular complexity index is 1530. The van der Waals surface area contributed by atoms with E-state index in [2.05, 4.69) is 20.4 Å². The molecule has 2 bridgehead atoms. The standard InChI is InChI=1S/C33H43N5O8/c1-20-11-22(30(43)26(13-20)35-32(45)28(41)18-39)15-37-8-4-9-38(17-25-6-3-5-24(34-25)7-10-37)16-23-12-21(2)14-27(31(23)44)36-33(46)29(42)19-40/h3,5-6,11-14,28-29,39-44H,4,7-10,15-19H2,1-2H3,(H,35,45)(H,36,46). The second-order valence-electron chi connectivity index (χ2n) is 11.7. The molecule has 0 saturated carbocycles. The van der Waals surface area contributed by atoms with E-state index < -0.39 is 37.2 Å². The minimum absolute atomic E-state index is 0.107. The molecule has 2 aromatic carbocycles. The molecule has 0 saturated heterocycles. The number of aromatic nitrogens is 1. The summed E-state index contributed by atoms with van der Waals surface area (Å²) in [5, 5.41) is 64.6. The lowest BCUT2D eigenvalue weighted by Crippen LogP contribution is -2.31. The van der Waals surface area contributed by atoms with Crippen LogP contribution in [0, 0.1) is 13.8 Å². The lowest BCUT2D eigenvalue weighted by atomic mass is 10.1. The molecule has 1 aromatic heterocycles.